The van der Waals surface area contributed by atoms with Gasteiger partial charge in [-0.3, -0.25) is 10.1 Å². The number of hydrogen-bond donors (Lipinski definition) is 0. The third-order valence-corrected chi connectivity index (χ3v) is 5.50. The van der Waals surface area contributed by atoms with E-state index in [4.69, 9.17) is 9.73 Å². The number of benzene rings is 2. The van der Waals surface area contributed by atoms with Crippen molar-refractivity contribution in [3.05, 3.63) is 76.3 Å². The highest BCUT2D eigenvalue weighted by molar-refractivity contribution is 8.00. The van der Waals surface area contributed by atoms with Gasteiger partial charge in [0.15, 0.2) is 5.90 Å². The molecule has 3 rings (SSSR count). The second-order valence-electron chi connectivity index (χ2n) is 6.94. The third kappa shape index (κ3) is 4.64. The minimum absolute atomic E-state index is 0.169. The molecule has 0 aromatic heterocycles. The van der Waals surface area contributed by atoms with Crippen LogP contribution >= 0.6 is 11.8 Å². The van der Waals surface area contributed by atoms with Gasteiger partial charge in [0.05, 0.1) is 16.7 Å². The zero-order valence-electron chi connectivity index (χ0n) is 14.9. The summed E-state index contributed by atoms with van der Waals surface area (Å²) < 4.78 is 5.89. The molecule has 5 nitrogen and oxygen atoms in total. The predicted molar refractivity (Wildman–Crippen MR) is 105 cm³/mol. The fourth-order valence-corrected chi connectivity index (χ4v) is 4.18. The average molecular weight is 370 g/mol. The van der Waals surface area contributed by atoms with Crippen LogP contribution in [0.25, 0.3) is 0 Å². The van der Waals surface area contributed by atoms with Gasteiger partial charge in [-0.1, -0.05) is 48.5 Å². The summed E-state index contributed by atoms with van der Waals surface area (Å²) in [4.78, 5) is 16.9. The van der Waals surface area contributed by atoms with E-state index in [-0.39, 0.29) is 28.2 Å². The molecule has 0 saturated heterocycles. The molecule has 0 spiro atoms. The second-order valence-corrected chi connectivity index (χ2v) is 8.15. The highest BCUT2D eigenvalue weighted by atomic mass is 32.2. The minimum Gasteiger partial charge on any atom is -0.478 e. The maximum Gasteiger partial charge on any atom is 0.212 e. The minimum atomic E-state index is -0.330. The van der Waals surface area contributed by atoms with Gasteiger partial charge in [0.1, 0.15) is 6.61 Å². The van der Waals surface area contributed by atoms with Crippen LogP contribution < -0.4 is 0 Å². The van der Waals surface area contributed by atoms with E-state index in [1.165, 1.54) is 0 Å². The SMILES string of the molecule is CC1(C)COC(C(Sc2ccccc2)C(C[N+](=O)[O-])c2ccccc2)=N1. The lowest BCUT2D eigenvalue weighted by molar-refractivity contribution is -0.483. The van der Waals surface area contributed by atoms with Gasteiger partial charge < -0.3 is 4.74 Å². The van der Waals surface area contributed by atoms with Crippen LogP contribution in [-0.2, 0) is 4.74 Å². The Balaban J connectivity index is 2.00. The number of hydrogen-bond acceptors (Lipinski definition) is 5. The molecule has 0 amide bonds. The molecule has 26 heavy (non-hydrogen) atoms. The Morgan fingerprint density at radius 2 is 1.77 bits per heavy atom. The van der Waals surface area contributed by atoms with Crippen molar-refractivity contribution in [2.45, 2.75) is 35.4 Å². The first-order valence-corrected chi connectivity index (χ1v) is 9.43. The number of nitro groups is 1. The van der Waals surface area contributed by atoms with Gasteiger partial charge in [0, 0.05) is 9.82 Å². The molecule has 0 fully saturated rings. The molecule has 0 radical (unpaired) electrons. The molecule has 1 aliphatic heterocycles. The van der Waals surface area contributed by atoms with Crippen LogP contribution in [0.15, 0.2) is 70.6 Å². The van der Waals surface area contributed by atoms with Crippen molar-refractivity contribution in [1.29, 1.82) is 0 Å². The van der Waals surface area contributed by atoms with Crippen LogP contribution in [-0.4, -0.2) is 34.8 Å². The summed E-state index contributed by atoms with van der Waals surface area (Å²) in [5.41, 5.74) is 0.620. The van der Waals surface area contributed by atoms with Crippen LogP contribution in [0.5, 0.6) is 0 Å². The number of aliphatic imine (C=N–C) groups is 1. The number of rotatable bonds is 7. The molecular formula is C20H22N2O3S. The molecule has 0 N–H and O–H groups in total. The van der Waals surface area contributed by atoms with Crippen molar-refractivity contribution in [3.8, 4) is 0 Å². The molecule has 1 heterocycles. The molecule has 2 unspecified atom stereocenters. The Hall–Kier alpha value is -2.34. The van der Waals surface area contributed by atoms with E-state index in [0.717, 1.165) is 10.5 Å². The molecule has 0 aliphatic carbocycles. The smallest absolute Gasteiger partial charge is 0.212 e. The molecule has 2 aromatic rings. The van der Waals surface area contributed by atoms with Gasteiger partial charge >= 0.3 is 0 Å². The van der Waals surface area contributed by atoms with Crippen LogP contribution in [0.3, 0.4) is 0 Å². The molecule has 6 heteroatoms. The van der Waals surface area contributed by atoms with Crippen molar-refractivity contribution < 1.29 is 9.66 Å². The molecule has 0 saturated carbocycles. The molecule has 1 aliphatic rings. The van der Waals surface area contributed by atoms with Gasteiger partial charge in [-0.15, -0.1) is 11.8 Å². The van der Waals surface area contributed by atoms with Gasteiger partial charge in [-0.2, -0.15) is 0 Å². The van der Waals surface area contributed by atoms with E-state index in [1.54, 1.807) is 11.8 Å². The molecule has 0 bridgehead atoms. The Morgan fingerprint density at radius 3 is 2.31 bits per heavy atom. The summed E-state index contributed by atoms with van der Waals surface area (Å²) in [7, 11) is 0. The molecule has 136 valence electrons. The van der Waals surface area contributed by atoms with E-state index >= 15 is 0 Å². The topological polar surface area (TPSA) is 64.7 Å². The first-order valence-electron chi connectivity index (χ1n) is 8.56. The second kappa shape index (κ2) is 7.91. The van der Waals surface area contributed by atoms with Gasteiger partial charge in [0.2, 0.25) is 6.54 Å². The first kappa shape index (κ1) is 18.5. The first-order chi connectivity index (χ1) is 12.4. The summed E-state index contributed by atoms with van der Waals surface area (Å²) in [5, 5.41) is 11.1. The standard InChI is InChI=1S/C20H22N2O3S/c1-20(2)14-25-19(21-20)18(26-16-11-7-4-8-12-16)17(13-22(23)24)15-9-5-3-6-10-15/h3-12,17-18H,13-14H2,1-2H3. The maximum absolute atomic E-state index is 11.4. The zero-order valence-corrected chi connectivity index (χ0v) is 15.7. The zero-order chi connectivity index (χ0) is 18.6. The summed E-state index contributed by atoms with van der Waals surface area (Å²) in [6.07, 6.45) is 0. The Kier molecular flexibility index (Phi) is 5.61. The Morgan fingerprint density at radius 1 is 1.15 bits per heavy atom. The normalized spacial score (nSPS) is 17.8. The van der Waals surface area contributed by atoms with Crippen molar-refractivity contribution in [1.82, 2.24) is 0 Å². The van der Waals surface area contributed by atoms with E-state index in [0.29, 0.717) is 12.5 Å². The van der Waals surface area contributed by atoms with E-state index in [2.05, 4.69) is 0 Å². The van der Waals surface area contributed by atoms with Crippen LogP contribution in [0.1, 0.15) is 25.3 Å². The van der Waals surface area contributed by atoms with E-state index in [1.807, 2.05) is 74.5 Å². The fraction of sp³-hybridized carbons (Fsp3) is 0.350. The van der Waals surface area contributed by atoms with Crippen LogP contribution in [0.4, 0.5) is 0 Å². The summed E-state index contributed by atoms with van der Waals surface area (Å²) in [6.45, 7) is 4.34. The van der Waals surface area contributed by atoms with Crippen LogP contribution in [0, 0.1) is 10.1 Å². The highest BCUT2D eigenvalue weighted by Gasteiger charge is 2.38. The largest absolute Gasteiger partial charge is 0.478 e. The summed E-state index contributed by atoms with van der Waals surface area (Å²) in [5.74, 6) is 0.267. The monoisotopic (exact) mass is 370 g/mol. The maximum atomic E-state index is 11.4. The van der Waals surface area contributed by atoms with Crippen molar-refractivity contribution in [3.63, 3.8) is 0 Å². The number of thioether (sulfide) groups is 1. The fourth-order valence-electron chi connectivity index (χ4n) is 2.95. The van der Waals surface area contributed by atoms with Crippen molar-refractivity contribution in [2.75, 3.05) is 13.2 Å². The average Bonchev–Trinajstić information content (AvgIpc) is 2.99. The predicted octanol–water partition coefficient (Wildman–Crippen LogP) is 4.42. The lowest BCUT2D eigenvalue weighted by Crippen LogP contribution is -2.30. The highest BCUT2D eigenvalue weighted by Crippen LogP contribution is 2.37. The number of nitrogens with zero attached hydrogens (tertiary/aromatic N) is 2. The van der Waals surface area contributed by atoms with Crippen LogP contribution in [0.2, 0.25) is 0 Å². The van der Waals surface area contributed by atoms with Gasteiger partial charge in [-0.25, -0.2) is 4.99 Å². The lowest BCUT2D eigenvalue weighted by atomic mass is 9.95. The van der Waals surface area contributed by atoms with Gasteiger partial charge in [0.25, 0.3) is 0 Å². The molecule has 2 aromatic carbocycles. The van der Waals surface area contributed by atoms with Gasteiger partial charge in [-0.05, 0) is 31.5 Å². The summed E-state index contributed by atoms with van der Waals surface area (Å²) in [6, 6.07) is 19.5. The lowest BCUT2D eigenvalue weighted by Gasteiger charge is -2.24. The number of ether oxygens (including phenoxy) is 1. The molecular weight excluding hydrogens is 348 g/mol. The Labute approximate surface area is 157 Å². The molecule has 2 atom stereocenters. The quantitative estimate of drug-likeness (QED) is 0.411. The van der Waals surface area contributed by atoms with E-state index < -0.39 is 0 Å². The van der Waals surface area contributed by atoms with Crippen molar-refractivity contribution in [2.24, 2.45) is 4.99 Å². The third-order valence-electron chi connectivity index (χ3n) is 4.17. The Bertz CT molecular complexity index is 778. The van der Waals surface area contributed by atoms with E-state index in [9.17, 15) is 10.1 Å². The van der Waals surface area contributed by atoms with Crippen molar-refractivity contribution >= 4 is 17.7 Å². The summed E-state index contributed by atoms with van der Waals surface area (Å²) >= 11 is 1.57.